The van der Waals surface area contributed by atoms with Crippen LogP contribution in [0.1, 0.15) is 5.56 Å². The Bertz CT molecular complexity index is 1400. The minimum absolute atomic E-state index is 0.0798. The van der Waals surface area contributed by atoms with Crippen molar-refractivity contribution in [2.75, 3.05) is 18.2 Å². The zero-order valence-electron chi connectivity index (χ0n) is 16.3. The second-order valence-electron chi connectivity index (χ2n) is 6.46. The molecule has 0 aliphatic carbocycles. The third kappa shape index (κ3) is 3.62. The number of carbonyl (C=O) groups excluding carboxylic acids is 1. The Balaban J connectivity index is 2.05. The van der Waals surface area contributed by atoms with Crippen molar-refractivity contribution >= 4 is 37.6 Å². The molecule has 10 nitrogen and oxygen atoms in total. The molecule has 15 heteroatoms. The van der Waals surface area contributed by atoms with E-state index in [1.165, 1.54) is 24.3 Å². The van der Waals surface area contributed by atoms with E-state index in [-0.39, 0.29) is 24.0 Å². The van der Waals surface area contributed by atoms with Crippen LogP contribution in [-0.4, -0.2) is 42.2 Å². The zero-order chi connectivity index (χ0) is 24.2. The van der Waals surface area contributed by atoms with Crippen LogP contribution in [0.25, 0.3) is 5.76 Å². The summed E-state index contributed by atoms with van der Waals surface area (Å²) in [5.41, 5.74) is -7.83. The fourth-order valence-corrected chi connectivity index (χ4v) is 5.27. The molecule has 33 heavy (non-hydrogen) atoms. The van der Waals surface area contributed by atoms with Gasteiger partial charge in [-0.1, -0.05) is 12.1 Å². The van der Waals surface area contributed by atoms with E-state index >= 15 is 0 Å². The van der Waals surface area contributed by atoms with Crippen LogP contribution in [0.4, 0.5) is 18.9 Å². The quantitative estimate of drug-likeness (QED) is 0.348. The molecule has 0 spiro atoms. The van der Waals surface area contributed by atoms with Crippen LogP contribution in [0, 0.1) is 0 Å². The Morgan fingerprint density at radius 1 is 1.09 bits per heavy atom. The number of esters is 1. The summed E-state index contributed by atoms with van der Waals surface area (Å²) < 4.78 is 109. The van der Waals surface area contributed by atoms with Crippen molar-refractivity contribution in [2.24, 2.45) is 0 Å². The summed E-state index contributed by atoms with van der Waals surface area (Å²) >= 11 is 0. The number of sulfonamides is 1. The van der Waals surface area contributed by atoms with Crippen molar-refractivity contribution < 1.29 is 53.2 Å². The second-order valence-corrected chi connectivity index (χ2v) is 9.75. The molecule has 0 saturated heterocycles. The monoisotopic (exact) mass is 507 g/mol. The van der Waals surface area contributed by atoms with Gasteiger partial charge in [-0.15, -0.1) is 0 Å². The van der Waals surface area contributed by atoms with Gasteiger partial charge in [0.1, 0.15) is 0 Å². The lowest BCUT2D eigenvalue weighted by Crippen LogP contribution is -2.40. The van der Waals surface area contributed by atoms with Gasteiger partial charge in [0, 0.05) is 11.6 Å². The van der Waals surface area contributed by atoms with Crippen molar-refractivity contribution in [3.63, 3.8) is 0 Å². The molecular weight excluding hydrogens is 495 g/mol. The normalized spacial score (nSPS) is 16.9. The Hall–Kier alpha value is -3.46. The Labute approximate surface area is 184 Å². The van der Waals surface area contributed by atoms with E-state index in [0.29, 0.717) is 4.31 Å². The Morgan fingerprint density at radius 2 is 1.76 bits per heavy atom. The van der Waals surface area contributed by atoms with E-state index in [0.717, 1.165) is 25.3 Å². The molecule has 0 saturated carbocycles. The molecular formula is C18H12F3NO9S2. The largest absolute Gasteiger partial charge is 0.534 e. The first kappa shape index (κ1) is 22.7. The fourth-order valence-electron chi connectivity index (χ4n) is 3.11. The molecule has 2 aliphatic heterocycles. The van der Waals surface area contributed by atoms with Gasteiger partial charge in [0.2, 0.25) is 6.79 Å². The molecule has 0 amide bonds. The van der Waals surface area contributed by atoms with Crippen molar-refractivity contribution in [2.45, 2.75) is 10.4 Å². The third-order valence-corrected chi connectivity index (χ3v) is 7.25. The standard InChI is InChI=1S/C18H12F3NO9S2/c1-28-17(23)15-16(31-33(26,27)18(19,20)21)11-4-2-3-5-14(11)32(24,25)22(15)10-6-7-12-13(8-10)30-9-29-12/h2-8H,9H2,1H3. The lowest BCUT2D eigenvalue weighted by atomic mass is 10.1. The van der Waals surface area contributed by atoms with Crippen LogP contribution in [-0.2, 0) is 33.9 Å². The van der Waals surface area contributed by atoms with E-state index in [4.69, 9.17) is 9.47 Å². The minimum Gasteiger partial charge on any atom is -0.464 e. The zero-order valence-corrected chi connectivity index (χ0v) is 18.0. The van der Waals surface area contributed by atoms with Gasteiger partial charge in [0.25, 0.3) is 10.0 Å². The molecule has 176 valence electrons. The van der Waals surface area contributed by atoms with Crippen LogP contribution in [0.15, 0.2) is 53.1 Å². The van der Waals surface area contributed by atoms with Crippen LogP contribution >= 0.6 is 0 Å². The SMILES string of the molecule is COC(=O)C1=C(OS(=O)(=O)C(F)(F)F)c2ccccc2S(=O)(=O)N1c1ccc2c(c1)OCO2. The first-order chi connectivity index (χ1) is 15.4. The molecule has 0 atom stereocenters. The molecule has 0 N–H and O–H groups in total. The molecule has 2 aromatic rings. The maximum atomic E-state index is 13.4. The topological polar surface area (TPSA) is 126 Å². The number of nitrogens with zero attached hydrogens (tertiary/aromatic N) is 1. The average molecular weight is 507 g/mol. The van der Waals surface area contributed by atoms with Gasteiger partial charge in [0.05, 0.1) is 17.7 Å². The van der Waals surface area contributed by atoms with Crippen LogP contribution in [0.2, 0.25) is 0 Å². The number of anilines is 1. The fraction of sp³-hybridized carbons (Fsp3) is 0.167. The summed E-state index contributed by atoms with van der Waals surface area (Å²) in [5, 5.41) is 0. The summed E-state index contributed by atoms with van der Waals surface area (Å²) in [5.74, 6) is -2.33. The van der Waals surface area contributed by atoms with Gasteiger partial charge in [-0.2, -0.15) is 21.6 Å². The highest BCUT2D eigenvalue weighted by Gasteiger charge is 2.52. The first-order valence-corrected chi connectivity index (χ1v) is 11.6. The molecule has 2 heterocycles. The molecule has 0 aromatic heterocycles. The summed E-state index contributed by atoms with van der Waals surface area (Å²) in [6.07, 6.45) is 0. The highest BCUT2D eigenvalue weighted by molar-refractivity contribution is 7.93. The number of rotatable bonds is 4. The molecule has 0 fully saturated rings. The van der Waals surface area contributed by atoms with Gasteiger partial charge in [-0.25, -0.2) is 17.5 Å². The number of halogens is 3. The number of hydrogen-bond donors (Lipinski definition) is 0. The van der Waals surface area contributed by atoms with Crippen molar-refractivity contribution in [3.8, 4) is 11.5 Å². The molecule has 0 bridgehead atoms. The van der Waals surface area contributed by atoms with Gasteiger partial charge in [-0.3, -0.25) is 0 Å². The maximum Gasteiger partial charge on any atom is 0.534 e. The number of fused-ring (bicyclic) bond motifs is 2. The lowest BCUT2D eigenvalue weighted by molar-refractivity contribution is -0.136. The van der Waals surface area contributed by atoms with Crippen molar-refractivity contribution in [1.29, 1.82) is 0 Å². The molecule has 0 radical (unpaired) electrons. The second kappa shape index (κ2) is 7.55. The summed E-state index contributed by atoms with van der Waals surface area (Å²) in [6.45, 7) is -0.174. The molecule has 0 unspecified atom stereocenters. The number of ether oxygens (including phenoxy) is 3. The highest BCUT2D eigenvalue weighted by Crippen LogP contribution is 2.45. The van der Waals surface area contributed by atoms with Crippen LogP contribution in [0.3, 0.4) is 0 Å². The number of methoxy groups -OCH3 is 1. The number of alkyl halides is 3. The van der Waals surface area contributed by atoms with Crippen molar-refractivity contribution in [3.05, 3.63) is 53.7 Å². The predicted octanol–water partition coefficient (Wildman–Crippen LogP) is 2.33. The molecule has 4 rings (SSSR count). The van der Waals surface area contributed by atoms with Gasteiger partial charge < -0.3 is 18.4 Å². The van der Waals surface area contributed by atoms with Gasteiger partial charge >= 0.3 is 21.6 Å². The smallest absolute Gasteiger partial charge is 0.464 e. The van der Waals surface area contributed by atoms with E-state index in [9.17, 15) is 34.8 Å². The van der Waals surface area contributed by atoms with E-state index in [1.54, 1.807) is 0 Å². The van der Waals surface area contributed by atoms with Crippen LogP contribution in [0.5, 0.6) is 11.5 Å². The number of hydrogen-bond acceptors (Lipinski definition) is 9. The summed E-state index contributed by atoms with van der Waals surface area (Å²) in [7, 11) is -10.1. The Morgan fingerprint density at radius 3 is 2.42 bits per heavy atom. The molecule has 2 aromatic carbocycles. The van der Waals surface area contributed by atoms with E-state index < -0.39 is 53.5 Å². The maximum absolute atomic E-state index is 13.4. The van der Waals surface area contributed by atoms with Gasteiger partial charge in [0.15, 0.2) is 23.0 Å². The average Bonchev–Trinajstić information content (AvgIpc) is 3.22. The van der Waals surface area contributed by atoms with Gasteiger partial charge in [-0.05, 0) is 24.3 Å². The Kier molecular flexibility index (Phi) is 5.20. The number of carbonyl (C=O) groups is 1. The van der Waals surface area contributed by atoms with E-state index in [1.807, 2.05) is 0 Å². The molecule has 2 aliphatic rings. The van der Waals surface area contributed by atoms with Crippen molar-refractivity contribution in [1.82, 2.24) is 0 Å². The summed E-state index contributed by atoms with van der Waals surface area (Å²) in [6, 6.07) is 8.12. The first-order valence-electron chi connectivity index (χ1n) is 8.76. The van der Waals surface area contributed by atoms with Crippen LogP contribution < -0.4 is 13.8 Å². The lowest BCUT2D eigenvalue weighted by Gasteiger charge is -2.32. The minimum atomic E-state index is -6.30. The number of benzene rings is 2. The third-order valence-electron chi connectivity index (χ3n) is 4.51. The van der Waals surface area contributed by atoms with E-state index in [2.05, 4.69) is 8.92 Å². The highest BCUT2D eigenvalue weighted by atomic mass is 32.2. The summed E-state index contributed by atoms with van der Waals surface area (Å²) in [4.78, 5) is 12.0. The predicted molar refractivity (Wildman–Crippen MR) is 104 cm³/mol.